The third kappa shape index (κ3) is 4.56. The summed E-state index contributed by atoms with van der Waals surface area (Å²) >= 11 is 1.43. The molecule has 0 aromatic heterocycles. The number of nitrogens with one attached hydrogen (secondary N) is 1. The number of ether oxygens (including phenoxy) is 1. The van der Waals surface area contributed by atoms with Crippen LogP contribution in [-0.4, -0.2) is 29.8 Å². The largest absolute Gasteiger partial charge is 0.452 e. The van der Waals surface area contributed by atoms with Gasteiger partial charge in [-0.05, 0) is 38.3 Å². The molecule has 0 saturated heterocycles. The Balaban J connectivity index is 1.74. The van der Waals surface area contributed by atoms with Gasteiger partial charge in [-0.1, -0.05) is 18.2 Å². The first-order chi connectivity index (χ1) is 9.56. The van der Waals surface area contributed by atoms with Crippen LogP contribution in [0.5, 0.6) is 0 Å². The summed E-state index contributed by atoms with van der Waals surface area (Å²) in [6.07, 6.45) is 1.33. The number of carbonyl (C=O) groups excluding carboxylic acids is 2. The molecule has 2 rings (SSSR count). The van der Waals surface area contributed by atoms with Crippen LogP contribution >= 0.6 is 11.8 Å². The highest BCUT2D eigenvalue weighted by atomic mass is 32.2. The van der Waals surface area contributed by atoms with Gasteiger partial charge in [-0.25, -0.2) is 0 Å². The maximum atomic E-state index is 11.7. The number of carbonyl (C=O) groups is 2. The lowest BCUT2D eigenvalue weighted by Gasteiger charge is -2.13. The van der Waals surface area contributed by atoms with E-state index in [0.29, 0.717) is 0 Å². The summed E-state index contributed by atoms with van der Waals surface area (Å²) in [5, 5.41) is 2.82. The predicted octanol–water partition coefficient (Wildman–Crippen LogP) is 2.30. The van der Waals surface area contributed by atoms with E-state index in [1.165, 1.54) is 11.8 Å². The van der Waals surface area contributed by atoms with E-state index in [1.54, 1.807) is 6.92 Å². The van der Waals surface area contributed by atoms with Crippen molar-refractivity contribution in [3.05, 3.63) is 29.8 Å². The van der Waals surface area contributed by atoms with Gasteiger partial charge in [0.2, 0.25) is 0 Å². The molecule has 1 fully saturated rings. The van der Waals surface area contributed by atoms with Crippen LogP contribution in [0.2, 0.25) is 0 Å². The lowest BCUT2D eigenvalue weighted by atomic mass is 10.2. The topological polar surface area (TPSA) is 55.4 Å². The summed E-state index contributed by atoms with van der Waals surface area (Å²) in [5.41, 5.74) is 1.13. The van der Waals surface area contributed by atoms with E-state index in [-0.39, 0.29) is 23.7 Å². The van der Waals surface area contributed by atoms with Crippen molar-refractivity contribution in [1.29, 1.82) is 0 Å². The minimum absolute atomic E-state index is 0.207. The molecule has 1 atom stereocenters. The Hall–Kier alpha value is -1.49. The minimum Gasteiger partial charge on any atom is -0.452 e. The number of hydrogen-bond acceptors (Lipinski definition) is 4. The predicted molar refractivity (Wildman–Crippen MR) is 78.6 cm³/mol. The number of amides is 1. The van der Waals surface area contributed by atoms with E-state index in [1.807, 2.05) is 31.2 Å². The number of aryl methyl sites for hydroxylation is 1. The van der Waals surface area contributed by atoms with E-state index >= 15 is 0 Å². The highest BCUT2D eigenvalue weighted by molar-refractivity contribution is 8.00. The molecule has 0 radical (unpaired) electrons. The van der Waals surface area contributed by atoms with Crippen LogP contribution < -0.4 is 5.32 Å². The fraction of sp³-hybridized carbons (Fsp3) is 0.467. The summed E-state index contributed by atoms with van der Waals surface area (Å²) in [6.45, 7) is 3.60. The normalized spacial score (nSPS) is 15.5. The van der Waals surface area contributed by atoms with Gasteiger partial charge in [0, 0.05) is 10.9 Å². The fourth-order valence-corrected chi connectivity index (χ4v) is 2.50. The molecule has 108 valence electrons. The molecule has 5 heteroatoms. The van der Waals surface area contributed by atoms with Gasteiger partial charge >= 0.3 is 5.97 Å². The standard InChI is InChI=1S/C15H19NO3S/c1-10-5-3-4-6-13(10)20-9-14(17)19-11(2)15(18)16-12-7-8-12/h3-6,11-12H,7-9H2,1-2H3,(H,16,18)/t11-/m0/s1. The SMILES string of the molecule is Cc1ccccc1SCC(=O)O[C@@H](C)C(=O)NC1CC1. The molecular weight excluding hydrogens is 274 g/mol. The summed E-state index contributed by atoms with van der Waals surface area (Å²) in [7, 11) is 0. The Labute approximate surface area is 123 Å². The maximum Gasteiger partial charge on any atom is 0.317 e. The van der Waals surface area contributed by atoms with Gasteiger partial charge in [-0.3, -0.25) is 9.59 Å². The Morgan fingerprint density at radius 3 is 2.75 bits per heavy atom. The molecule has 1 aliphatic rings. The third-order valence-corrected chi connectivity index (χ3v) is 4.19. The third-order valence-electron chi connectivity index (χ3n) is 3.04. The Morgan fingerprint density at radius 1 is 1.40 bits per heavy atom. The van der Waals surface area contributed by atoms with Crippen LogP contribution in [-0.2, 0) is 14.3 Å². The molecule has 0 aliphatic heterocycles. The van der Waals surface area contributed by atoms with Gasteiger partial charge in [0.15, 0.2) is 6.10 Å². The molecule has 4 nitrogen and oxygen atoms in total. The van der Waals surface area contributed by atoms with Crippen molar-refractivity contribution in [3.8, 4) is 0 Å². The van der Waals surface area contributed by atoms with Crippen molar-refractivity contribution in [3.63, 3.8) is 0 Å². The summed E-state index contributed by atoms with van der Waals surface area (Å²) in [6, 6.07) is 8.15. The van der Waals surface area contributed by atoms with Crippen molar-refractivity contribution in [2.24, 2.45) is 0 Å². The number of hydrogen-bond donors (Lipinski definition) is 1. The zero-order valence-corrected chi connectivity index (χ0v) is 12.5. The Morgan fingerprint density at radius 2 is 2.10 bits per heavy atom. The molecule has 0 bridgehead atoms. The average molecular weight is 293 g/mol. The first-order valence-corrected chi connectivity index (χ1v) is 7.73. The second-order valence-corrected chi connectivity index (χ2v) is 5.99. The van der Waals surface area contributed by atoms with Crippen LogP contribution in [0.15, 0.2) is 29.2 Å². The van der Waals surface area contributed by atoms with Crippen molar-refractivity contribution < 1.29 is 14.3 Å². The highest BCUT2D eigenvalue weighted by Gasteiger charge is 2.27. The average Bonchev–Trinajstić information content (AvgIpc) is 3.21. The van der Waals surface area contributed by atoms with Crippen LogP contribution in [0.25, 0.3) is 0 Å². The molecular formula is C15H19NO3S. The van der Waals surface area contributed by atoms with Crippen LogP contribution in [0.4, 0.5) is 0 Å². The zero-order chi connectivity index (χ0) is 14.5. The smallest absolute Gasteiger partial charge is 0.317 e. The van der Waals surface area contributed by atoms with Gasteiger partial charge in [0.1, 0.15) is 0 Å². The van der Waals surface area contributed by atoms with Gasteiger partial charge < -0.3 is 10.1 Å². The Bertz CT molecular complexity index is 500. The first-order valence-electron chi connectivity index (χ1n) is 6.74. The molecule has 1 aromatic carbocycles. The number of benzene rings is 1. The molecule has 0 unspecified atom stereocenters. The first kappa shape index (κ1) is 14.9. The minimum atomic E-state index is -0.722. The second kappa shape index (κ2) is 6.79. The number of rotatable bonds is 6. The van der Waals surface area contributed by atoms with Gasteiger partial charge in [0.25, 0.3) is 5.91 Å². The number of thioether (sulfide) groups is 1. The van der Waals surface area contributed by atoms with E-state index in [2.05, 4.69) is 5.32 Å². The molecule has 0 spiro atoms. The zero-order valence-electron chi connectivity index (χ0n) is 11.7. The highest BCUT2D eigenvalue weighted by Crippen LogP contribution is 2.22. The van der Waals surface area contributed by atoms with Gasteiger partial charge in [-0.2, -0.15) is 0 Å². The fourth-order valence-electron chi connectivity index (χ4n) is 1.69. The lowest BCUT2D eigenvalue weighted by molar-refractivity contribution is -0.152. The van der Waals surface area contributed by atoms with Crippen LogP contribution in [0.3, 0.4) is 0 Å². The van der Waals surface area contributed by atoms with E-state index in [9.17, 15) is 9.59 Å². The monoisotopic (exact) mass is 293 g/mol. The quantitative estimate of drug-likeness (QED) is 0.646. The maximum absolute atomic E-state index is 11.7. The summed E-state index contributed by atoms with van der Waals surface area (Å²) in [5.74, 6) is -0.357. The Kier molecular flexibility index (Phi) is 5.06. The van der Waals surface area contributed by atoms with Crippen molar-refractivity contribution in [2.45, 2.75) is 43.7 Å². The number of esters is 1. The molecule has 0 heterocycles. The lowest BCUT2D eigenvalue weighted by Crippen LogP contribution is -2.37. The molecule has 1 aromatic rings. The summed E-state index contributed by atoms with van der Waals surface area (Å²) < 4.78 is 5.13. The van der Waals surface area contributed by atoms with Gasteiger partial charge in [0.05, 0.1) is 5.75 Å². The van der Waals surface area contributed by atoms with Crippen LogP contribution in [0.1, 0.15) is 25.3 Å². The molecule has 1 amide bonds. The second-order valence-electron chi connectivity index (χ2n) is 4.97. The van der Waals surface area contributed by atoms with E-state index in [4.69, 9.17) is 4.74 Å². The van der Waals surface area contributed by atoms with E-state index < -0.39 is 6.10 Å². The molecule has 1 aliphatic carbocycles. The van der Waals surface area contributed by atoms with Crippen LogP contribution in [0, 0.1) is 6.92 Å². The molecule has 1 saturated carbocycles. The molecule has 1 N–H and O–H groups in total. The van der Waals surface area contributed by atoms with Crippen molar-refractivity contribution >= 4 is 23.6 Å². The molecule has 20 heavy (non-hydrogen) atoms. The van der Waals surface area contributed by atoms with E-state index in [0.717, 1.165) is 23.3 Å². The van der Waals surface area contributed by atoms with Crippen molar-refractivity contribution in [2.75, 3.05) is 5.75 Å². The van der Waals surface area contributed by atoms with Crippen molar-refractivity contribution in [1.82, 2.24) is 5.32 Å². The summed E-state index contributed by atoms with van der Waals surface area (Å²) in [4.78, 5) is 24.4. The van der Waals surface area contributed by atoms with Gasteiger partial charge in [-0.15, -0.1) is 11.8 Å².